The summed E-state index contributed by atoms with van der Waals surface area (Å²) in [5.41, 5.74) is 1.01. The number of non-ortho nitro benzene ring substituents is 1. The number of rotatable bonds is 10. The summed E-state index contributed by atoms with van der Waals surface area (Å²) in [6, 6.07) is 10.6. The van der Waals surface area contributed by atoms with Crippen LogP contribution in [0, 0.1) is 10.1 Å². The van der Waals surface area contributed by atoms with Gasteiger partial charge in [0.15, 0.2) is 0 Å². The second-order valence-electron chi connectivity index (χ2n) is 8.80. The van der Waals surface area contributed by atoms with Gasteiger partial charge < -0.3 is 10.2 Å². The lowest BCUT2D eigenvalue weighted by Crippen LogP contribution is -2.53. The van der Waals surface area contributed by atoms with Crippen molar-refractivity contribution < 1.29 is 14.5 Å². The molecular formula is C24H29Cl2N3O4S. The van der Waals surface area contributed by atoms with Gasteiger partial charge in [-0.3, -0.25) is 19.7 Å². The molecule has 0 unspecified atom stereocenters. The van der Waals surface area contributed by atoms with Gasteiger partial charge in [-0.2, -0.15) is 0 Å². The molecule has 0 saturated carbocycles. The highest BCUT2D eigenvalue weighted by molar-refractivity contribution is 7.99. The fraction of sp³-hybridized carbons (Fsp3) is 0.417. The van der Waals surface area contributed by atoms with Crippen LogP contribution in [0.1, 0.15) is 45.2 Å². The lowest BCUT2D eigenvalue weighted by Gasteiger charge is -2.33. The maximum absolute atomic E-state index is 13.3. The molecule has 184 valence electrons. The van der Waals surface area contributed by atoms with E-state index >= 15 is 0 Å². The molecule has 0 spiro atoms. The molecule has 0 radical (unpaired) electrons. The molecule has 34 heavy (non-hydrogen) atoms. The molecule has 0 aliphatic rings. The van der Waals surface area contributed by atoms with Crippen LogP contribution in [0.5, 0.6) is 0 Å². The summed E-state index contributed by atoms with van der Waals surface area (Å²) in [5, 5.41) is 14.6. The Labute approximate surface area is 214 Å². The van der Waals surface area contributed by atoms with Gasteiger partial charge >= 0.3 is 0 Å². The summed E-state index contributed by atoms with van der Waals surface area (Å²) in [7, 11) is 0. The first-order valence-corrected chi connectivity index (χ1v) is 12.7. The van der Waals surface area contributed by atoms with Crippen LogP contribution in [0.3, 0.4) is 0 Å². The quantitative estimate of drug-likeness (QED) is 0.309. The zero-order valence-electron chi connectivity index (χ0n) is 19.6. The minimum absolute atomic E-state index is 0.0169. The fourth-order valence-electron chi connectivity index (χ4n) is 3.28. The second-order valence-corrected chi connectivity index (χ2v) is 10.6. The third kappa shape index (κ3) is 8.18. The summed E-state index contributed by atoms with van der Waals surface area (Å²) in [4.78, 5) is 38.3. The van der Waals surface area contributed by atoms with Crippen LogP contribution < -0.4 is 5.32 Å². The molecular weight excluding hydrogens is 497 g/mol. The largest absolute Gasteiger partial charge is 0.350 e. The molecule has 0 aromatic heterocycles. The Bertz CT molecular complexity index is 1010. The van der Waals surface area contributed by atoms with Crippen LogP contribution in [-0.2, 0) is 21.9 Å². The minimum Gasteiger partial charge on any atom is -0.350 e. The van der Waals surface area contributed by atoms with Crippen molar-refractivity contribution in [1.29, 1.82) is 0 Å². The molecule has 2 amide bonds. The Balaban J connectivity index is 2.20. The van der Waals surface area contributed by atoms with Crippen molar-refractivity contribution in [3.8, 4) is 0 Å². The van der Waals surface area contributed by atoms with Crippen molar-refractivity contribution >= 4 is 52.5 Å². The number of halogens is 2. The topological polar surface area (TPSA) is 92.6 Å². The number of hydrogen-bond donors (Lipinski definition) is 1. The average Bonchev–Trinajstić information content (AvgIpc) is 2.74. The minimum atomic E-state index is -0.695. The zero-order valence-corrected chi connectivity index (χ0v) is 22.0. The van der Waals surface area contributed by atoms with Crippen LogP contribution in [-0.4, -0.2) is 39.0 Å². The summed E-state index contributed by atoms with van der Waals surface area (Å²) in [6.45, 7) is 7.61. The molecule has 2 aromatic carbocycles. The van der Waals surface area contributed by atoms with Crippen molar-refractivity contribution in [2.24, 2.45) is 0 Å². The van der Waals surface area contributed by atoms with Crippen LogP contribution in [0.4, 0.5) is 5.69 Å². The molecule has 0 fully saturated rings. The van der Waals surface area contributed by atoms with Gasteiger partial charge in [0.05, 0.1) is 10.7 Å². The lowest BCUT2D eigenvalue weighted by atomic mass is 10.1. The number of carbonyl (C=O) groups is 2. The van der Waals surface area contributed by atoms with E-state index in [1.807, 2.05) is 27.7 Å². The summed E-state index contributed by atoms with van der Waals surface area (Å²) >= 11 is 14.1. The first-order chi connectivity index (χ1) is 15.9. The summed E-state index contributed by atoms with van der Waals surface area (Å²) in [5.74, 6) is 0.152. The lowest BCUT2D eigenvalue weighted by molar-refractivity contribution is -0.384. The van der Waals surface area contributed by atoms with E-state index in [0.29, 0.717) is 27.8 Å². The van der Waals surface area contributed by atoms with Gasteiger partial charge in [-0.05, 0) is 44.9 Å². The van der Waals surface area contributed by atoms with Gasteiger partial charge in [-0.15, -0.1) is 11.8 Å². The normalized spacial score (nSPS) is 12.2. The number of amides is 2. The van der Waals surface area contributed by atoms with Gasteiger partial charge in [0.25, 0.3) is 5.69 Å². The van der Waals surface area contributed by atoms with E-state index in [-0.39, 0.29) is 29.8 Å². The SMILES string of the molecule is CC[C@H](C(=O)NC(C)(C)C)N(Cc1c(Cl)cccc1Cl)C(=O)CSCc1ccc([N+](=O)[O-])cc1. The zero-order chi connectivity index (χ0) is 25.5. The first kappa shape index (κ1) is 28.0. The molecule has 10 heteroatoms. The third-order valence-electron chi connectivity index (χ3n) is 4.92. The van der Waals surface area contributed by atoms with Crippen molar-refractivity contribution in [3.05, 3.63) is 73.8 Å². The number of hydrogen-bond acceptors (Lipinski definition) is 5. The molecule has 0 saturated heterocycles. The van der Waals surface area contributed by atoms with Gasteiger partial charge in [-0.1, -0.05) is 48.3 Å². The van der Waals surface area contributed by atoms with Crippen LogP contribution in [0.15, 0.2) is 42.5 Å². The maximum atomic E-state index is 13.3. The van der Waals surface area contributed by atoms with Crippen molar-refractivity contribution in [3.63, 3.8) is 0 Å². The molecule has 0 bridgehead atoms. The number of nitrogens with one attached hydrogen (secondary N) is 1. The van der Waals surface area contributed by atoms with E-state index in [1.165, 1.54) is 28.8 Å². The van der Waals surface area contributed by atoms with Crippen LogP contribution >= 0.6 is 35.0 Å². The smallest absolute Gasteiger partial charge is 0.269 e. The molecule has 2 aromatic rings. The second kappa shape index (κ2) is 12.4. The van der Waals surface area contributed by atoms with E-state index in [4.69, 9.17) is 23.2 Å². The van der Waals surface area contributed by atoms with Gasteiger partial charge in [-0.25, -0.2) is 0 Å². The van der Waals surface area contributed by atoms with E-state index in [1.54, 1.807) is 30.3 Å². The molecule has 0 aliphatic carbocycles. The summed E-state index contributed by atoms with van der Waals surface area (Å²) < 4.78 is 0. The first-order valence-electron chi connectivity index (χ1n) is 10.8. The third-order valence-corrected chi connectivity index (χ3v) is 6.61. The highest BCUT2D eigenvalue weighted by Gasteiger charge is 2.31. The molecule has 0 heterocycles. The van der Waals surface area contributed by atoms with Gasteiger partial charge in [0, 0.05) is 45.6 Å². The number of nitro groups is 1. The number of benzene rings is 2. The fourth-order valence-corrected chi connectivity index (χ4v) is 4.67. The van der Waals surface area contributed by atoms with Crippen molar-refractivity contribution in [1.82, 2.24) is 10.2 Å². The predicted molar refractivity (Wildman–Crippen MR) is 138 cm³/mol. The Morgan fingerprint density at radius 1 is 1.12 bits per heavy atom. The van der Waals surface area contributed by atoms with Gasteiger partial charge in [0.1, 0.15) is 6.04 Å². The van der Waals surface area contributed by atoms with Crippen LogP contribution in [0.25, 0.3) is 0 Å². The van der Waals surface area contributed by atoms with Crippen molar-refractivity contribution in [2.75, 3.05) is 5.75 Å². The Morgan fingerprint density at radius 3 is 2.21 bits per heavy atom. The number of nitrogens with zero attached hydrogens (tertiary/aromatic N) is 2. The van der Waals surface area contributed by atoms with E-state index in [2.05, 4.69) is 5.32 Å². The highest BCUT2D eigenvalue weighted by Crippen LogP contribution is 2.28. The predicted octanol–water partition coefficient (Wildman–Crippen LogP) is 5.86. The maximum Gasteiger partial charge on any atom is 0.269 e. The Kier molecular flexibility index (Phi) is 10.2. The van der Waals surface area contributed by atoms with E-state index in [9.17, 15) is 19.7 Å². The monoisotopic (exact) mass is 525 g/mol. The number of nitro benzene ring substituents is 1. The summed E-state index contributed by atoms with van der Waals surface area (Å²) in [6.07, 6.45) is 0.419. The Hall–Kier alpha value is -2.29. The molecule has 1 N–H and O–H groups in total. The van der Waals surface area contributed by atoms with Crippen LogP contribution in [0.2, 0.25) is 10.0 Å². The van der Waals surface area contributed by atoms with Gasteiger partial charge in [0.2, 0.25) is 11.8 Å². The number of thioether (sulfide) groups is 1. The standard InChI is InChI=1S/C24H29Cl2N3O4S/c1-5-21(23(31)27-24(2,3)4)28(13-18-19(25)7-6-8-20(18)26)22(30)15-34-14-16-9-11-17(12-10-16)29(32)33/h6-12,21H,5,13-15H2,1-4H3,(H,27,31)/t21-/m1/s1. The Morgan fingerprint density at radius 2 is 1.71 bits per heavy atom. The highest BCUT2D eigenvalue weighted by atomic mass is 35.5. The van der Waals surface area contributed by atoms with E-state index < -0.39 is 16.5 Å². The molecule has 7 nitrogen and oxygen atoms in total. The molecule has 1 atom stereocenters. The number of carbonyl (C=O) groups excluding carboxylic acids is 2. The molecule has 2 rings (SSSR count). The molecule has 0 aliphatic heterocycles. The van der Waals surface area contributed by atoms with Crippen molar-refractivity contribution in [2.45, 2.75) is 58.0 Å². The average molecular weight is 526 g/mol. The van der Waals surface area contributed by atoms with E-state index in [0.717, 1.165) is 5.56 Å².